The number of fused-ring (bicyclic) bond motifs is 3. The fourth-order valence-electron chi connectivity index (χ4n) is 4.73. The second-order valence-electron chi connectivity index (χ2n) is 8.37. The quantitative estimate of drug-likeness (QED) is 0.276. The summed E-state index contributed by atoms with van der Waals surface area (Å²) in [6.45, 7) is 2.14. The average Bonchev–Trinajstić information content (AvgIpc) is 3.19. The molecule has 1 nitrogen and oxygen atoms in total. The van der Waals surface area contributed by atoms with Gasteiger partial charge in [-0.2, -0.15) is 0 Å². The second-order valence-corrected chi connectivity index (χ2v) is 8.37. The smallest absolute Gasteiger partial charge is 0.0541 e. The molecule has 0 spiro atoms. The minimum absolute atomic E-state index is 1.18. The normalized spacial score (nSPS) is 11.3. The first kappa shape index (κ1) is 18.7. The summed E-state index contributed by atoms with van der Waals surface area (Å²) in [6.07, 6.45) is 0. The lowest BCUT2D eigenvalue weighted by Crippen LogP contribution is -1.94. The summed E-state index contributed by atoms with van der Waals surface area (Å²) >= 11 is 0. The third-order valence-corrected chi connectivity index (χ3v) is 6.23. The molecule has 0 atom stereocenters. The topological polar surface area (TPSA) is 4.93 Å². The SMILES string of the molecule is Cc1cccc(-c2cccc(-c3cccc(-n4c5ccccc5c5ccccc54)c3)c2)c1. The van der Waals surface area contributed by atoms with Crippen molar-refractivity contribution in [2.24, 2.45) is 0 Å². The summed E-state index contributed by atoms with van der Waals surface area (Å²) in [7, 11) is 0. The monoisotopic (exact) mass is 409 g/mol. The molecular weight excluding hydrogens is 386 g/mol. The van der Waals surface area contributed by atoms with E-state index < -0.39 is 0 Å². The number of nitrogens with zero attached hydrogens (tertiary/aromatic N) is 1. The Morgan fingerprint density at radius 1 is 0.438 bits per heavy atom. The molecule has 6 rings (SSSR count). The predicted octanol–water partition coefficient (Wildman–Crippen LogP) is 8.43. The number of aryl methyl sites for hydroxylation is 1. The number of hydrogen-bond donors (Lipinski definition) is 0. The van der Waals surface area contributed by atoms with Crippen LogP contribution in [0.15, 0.2) is 121 Å². The lowest BCUT2D eigenvalue weighted by atomic mass is 9.98. The Hall–Kier alpha value is -4.10. The molecule has 0 aliphatic heterocycles. The van der Waals surface area contributed by atoms with Crippen LogP contribution in [0.25, 0.3) is 49.7 Å². The Bertz CT molecular complexity index is 1530. The third kappa shape index (κ3) is 3.11. The van der Waals surface area contributed by atoms with Crippen molar-refractivity contribution < 1.29 is 0 Å². The van der Waals surface area contributed by atoms with Crippen LogP contribution in [0.1, 0.15) is 5.56 Å². The van der Waals surface area contributed by atoms with Crippen molar-refractivity contribution in [2.75, 3.05) is 0 Å². The van der Waals surface area contributed by atoms with Crippen LogP contribution < -0.4 is 0 Å². The molecule has 0 aliphatic carbocycles. The highest BCUT2D eigenvalue weighted by Gasteiger charge is 2.12. The Kier molecular flexibility index (Phi) is 4.40. The zero-order valence-corrected chi connectivity index (χ0v) is 18.0. The highest BCUT2D eigenvalue weighted by Crippen LogP contribution is 2.33. The molecule has 0 fully saturated rings. The number of benzene rings is 5. The summed E-state index contributed by atoms with van der Waals surface area (Å²) in [5.74, 6) is 0. The van der Waals surface area contributed by atoms with Gasteiger partial charge in [0.2, 0.25) is 0 Å². The van der Waals surface area contributed by atoms with Crippen molar-refractivity contribution in [3.63, 3.8) is 0 Å². The van der Waals surface area contributed by atoms with E-state index in [0.29, 0.717) is 0 Å². The van der Waals surface area contributed by atoms with E-state index in [0.717, 1.165) is 0 Å². The molecule has 0 aliphatic rings. The van der Waals surface area contributed by atoms with E-state index in [1.165, 1.54) is 55.3 Å². The molecule has 0 radical (unpaired) electrons. The third-order valence-electron chi connectivity index (χ3n) is 6.23. The molecule has 0 bridgehead atoms. The first-order chi connectivity index (χ1) is 15.8. The highest BCUT2D eigenvalue weighted by molar-refractivity contribution is 6.09. The van der Waals surface area contributed by atoms with E-state index in [1.54, 1.807) is 0 Å². The minimum Gasteiger partial charge on any atom is -0.309 e. The summed E-state index contributed by atoms with van der Waals surface area (Å²) in [4.78, 5) is 0. The van der Waals surface area contributed by atoms with E-state index in [2.05, 4.69) is 133 Å². The Morgan fingerprint density at radius 3 is 1.56 bits per heavy atom. The fraction of sp³-hybridized carbons (Fsp3) is 0.0323. The zero-order valence-electron chi connectivity index (χ0n) is 18.0. The maximum Gasteiger partial charge on any atom is 0.0541 e. The maximum atomic E-state index is 2.37. The fourth-order valence-corrected chi connectivity index (χ4v) is 4.73. The van der Waals surface area contributed by atoms with Crippen LogP contribution in [-0.4, -0.2) is 4.57 Å². The molecule has 1 aromatic heterocycles. The van der Waals surface area contributed by atoms with Gasteiger partial charge in [-0.05, 0) is 59.5 Å². The Balaban J connectivity index is 1.51. The number of aromatic nitrogens is 1. The van der Waals surface area contributed by atoms with Gasteiger partial charge in [-0.1, -0.05) is 96.6 Å². The lowest BCUT2D eigenvalue weighted by Gasteiger charge is -2.11. The van der Waals surface area contributed by atoms with Crippen LogP contribution in [0.3, 0.4) is 0 Å². The van der Waals surface area contributed by atoms with Gasteiger partial charge in [0.15, 0.2) is 0 Å². The molecule has 32 heavy (non-hydrogen) atoms. The van der Waals surface area contributed by atoms with E-state index >= 15 is 0 Å². The van der Waals surface area contributed by atoms with Crippen LogP contribution in [0.4, 0.5) is 0 Å². The number of para-hydroxylation sites is 2. The van der Waals surface area contributed by atoms with Gasteiger partial charge in [-0.25, -0.2) is 0 Å². The molecule has 0 N–H and O–H groups in total. The average molecular weight is 410 g/mol. The molecule has 1 heteroatoms. The van der Waals surface area contributed by atoms with Crippen LogP contribution in [0, 0.1) is 6.92 Å². The standard InChI is InChI=1S/C31H23N/c1-22-9-6-10-23(19-22)24-11-7-12-25(20-24)26-13-8-14-27(21-26)32-30-17-4-2-15-28(30)29-16-3-5-18-31(29)32/h2-21H,1H3. The van der Waals surface area contributed by atoms with Crippen molar-refractivity contribution in [1.82, 2.24) is 4.57 Å². The molecular formula is C31H23N. The summed E-state index contributed by atoms with van der Waals surface area (Å²) < 4.78 is 2.37. The predicted molar refractivity (Wildman–Crippen MR) is 136 cm³/mol. The van der Waals surface area contributed by atoms with Gasteiger partial charge in [-0.15, -0.1) is 0 Å². The van der Waals surface area contributed by atoms with Crippen molar-refractivity contribution in [2.45, 2.75) is 6.92 Å². The van der Waals surface area contributed by atoms with Crippen LogP contribution >= 0.6 is 0 Å². The maximum absolute atomic E-state index is 2.37. The highest BCUT2D eigenvalue weighted by atomic mass is 15.0. The van der Waals surface area contributed by atoms with Gasteiger partial charge in [-0.3, -0.25) is 0 Å². The van der Waals surface area contributed by atoms with Crippen molar-refractivity contribution in [3.8, 4) is 27.9 Å². The van der Waals surface area contributed by atoms with Gasteiger partial charge >= 0.3 is 0 Å². The summed E-state index contributed by atoms with van der Waals surface area (Å²) in [6, 6.07) is 43.7. The zero-order chi connectivity index (χ0) is 21.5. The molecule has 0 unspecified atom stereocenters. The second kappa shape index (κ2) is 7.55. The lowest BCUT2D eigenvalue weighted by molar-refractivity contribution is 1.18. The summed E-state index contributed by atoms with van der Waals surface area (Å²) in [5.41, 5.74) is 9.88. The van der Waals surface area contributed by atoms with E-state index in [4.69, 9.17) is 0 Å². The van der Waals surface area contributed by atoms with Gasteiger partial charge in [0, 0.05) is 16.5 Å². The van der Waals surface area contributed by atoms with Crippen molar-refractivity contribution >= 4 is 21.8 Å². The van der Waals surface area contributed by atoms with Crippen molar-refractivity contribution in [3.05, 3.63) is 127 Å². The van der Waals surface area contributed by atoms with Gasteiger partial charge < -0.3 is 4.57 Å². The van der Waals surface area contributed by atoms with E-state index in [9.17, 15) is 0 Å². The van der Waals surface area contributed by atoms with Gasteiger partial charge in [0.25, 0.3) is 0 Å². The largest absolute Gasteiger partial charge is 0.309 e. The molecule has 152 valence electrons. The molecule has 0 saturated carbocycles. The summed E-state index contributed by atoms with van der Waals surface area (Å²) in [5, 5.41) is 2.57. The molecule has 0 amide bonds. The van der Waals surface area contributed by atoms with Gasteiger partial charge in [0.1, 0.15) is 0 Å². The van der Waals surface area contributed by atoms with E-state index in [1.807, 2.05) is 0 Å². The number of rotatable bonds is 3. The minimum atomic E-state index is 1.18. The number of hydrogen-bond acceptors (Lipinski definition) is 0. The first-order valence-electron chi connectivity index (χ1n) is 11.0. The van der Waals surface area contributed by atoms with Crippen molar-refractivity contribution in [1.29, 1.82) is 0 Å². The first-order valence-corrected chi connectivity index (χ1v) is 11.0. The molecule has 5 aromatic carbocycles. The molecule has 0 saturated heterocycles. The van der Waals surface area contributed by atoms with E-state index in [-0.39, 0.29) is 0 Å². The van der Waals surface area contributed by atoms with Gasteiger partial charge in [0.05, 0.1) is 11.0 Å². The van der Waals surface area contributed by atoms with Crippen LogP contribution in [0.2, 0.25) is 0 Å². The Morgan fingerprint density at radius 2 is 0.938 bits per heavy atom. The molecule has 6 aromatic rings. The molecule has 1 heterocycles. The van der Waals surface area contributed by atoms with Crippen LogP contribution in [-0.2, 0) is 0 Å². The Labute approximate surface area is 188 Å². The van der Waals surface area contributed by atoms with Crippen LogP contribution in [0.5, 0.6) is 0 Å².